The zero-order valence-electron chi connectivity index (χ0n) is 20.4. The first-order chi connectivity index (χ1) is 16.0. The van der Waals surface area contributed by atoms with Gasteiger partial charge in [-0.3, -0.25) is 9.59 Å². The van der Waals surface area contributed by atoms with E-state index in [9.17, 15) is 14.7 Å². The molecule has 1 aliphatic carbocycles. The highest BCUT2D eigenvalue weighted by atomic mass is 35.5. The first kappa shape index (κ1) is 25.8. The van der Waals surface area contributed by atoms with Crippen molar-refractivity contribution in [3.8, 4) is 11.5 Å². The van der Waals surface area contributed by atoms with Crippen molar-refractivity contribution in [1.82, 2.24) is 0 Å². The average Bonchev–Trinajstić information content (AvgIpc) is 3.61. The molecule has 0 aliphatic heterocycles. The molecule has 1 saturated carbocycles. The van der Waals surface area contributed by atoms with Gasteiger partial charge in [0.2, 0.25) is 5.91 Å². The lowest BCUT2D eigenvalue weighted by molar-refractivity contribution is -0.143. The number of aliphatic hydroxyl groups excluding tert-OH is 1. The number of aliphatic hydroxyl groups is 1. The molecule has 34 heavy (non-hydrogen) atoms. The van der Waals surface area contributed by atoms with Crippen LogP contribution < -0.4 is 14.4 Å². The summed E-state index contributed by atoms with van der Waals surface area (Å²) in [4.78, 5) is 27.4. The van der Waals surface area contributed by atoms with Crippen LogP contribution in [-0.4, -0.2) is 44.9 Å². The van der Waals surface area contributed by atoms with E-state index in [1.54, 1.807) is 35.2 Å². The summed E-state index contributed by atoms with van der Waals surface area (Å²) < 4.78 is 15.9. The van der Waals surface area contributed by atoms with Crippen LogP contribution in [0.4, 0.5) is 5.69 Å². The Morgan fingerprint density at radius 1 is 1.06 bits per heavy atom. The van der Waals surface area contributed by atoms with Gasteiger partial charge in [-0.1, -0.05) is 50.6 Å². The van der Waals surface area contributed by atoms with E-state index in [0.29, 0.717) is 46.3 Å². The number of esters is 1. The summed E-state index contributed by atoms with van der Waals surface area (Å²) >= 11 is 6.39. The number of halogens is 1. The van der Waals surface area contributed by atoms with Gasteiger partial charge in [-0.05, 0) is 24.0 Å². The van der Waals surface area contributed by atoms with Gasteiger partial charge in [0.15, 0.2) is 0 Å². The second kappa shape index (κ2) is 10.2. The van der Waals surface area contributed by atoms with Crippen LogP contribution in [0.15, 0.2) is 36.4 Å². The van der Waals surface area contributed by atoms with Crippen molar-refractivity contribution in [3.63, 3.8) is 0 Å². The Morgan fingerprint density at radius 2 is 1.71 bits per heavy atom. The number of hydrogen-bond donors (Lipinski definition) is 1. The summed E-state index contributed by atoms with van der Waals surface area (Å²) in [6, 6.07) is 10.4. The number of anilines is 1. The van der Waals surface area contributed by atoms with Gasteiger partial charge in [-0.25, -0.2) is 0 Å². The topological polar surface area (TPSA) is 85.3 Å². The minimum absolute atomic E-state index is 0.223. The lowest BCUT2D eigenvalue weighted by Gasteiger charge is -2.34. The predicted molar refractivity (Wildman–Crippen MR) is 130 cm³/mol. The molecule has 2 unspecified atom stereocenters. The Hall–Kier alpha value is -2.77. The molecule has 8 heteroatoms. The van der Waals surface area contributed by atoms with Crippen molar-refractivity contribution in [2.75, 3.05) is 32.8 Å². The van der Waals surface area contributed by atoms with E-state index in [1.807, 2.05) is 26.8 Å². The Bertz CT molecular complexity index is 1060. The SMILES string of the molecule is COC(=O)C1CC1C(=O)N(CC(C)(C)C)c1c(OC)cc(Cl)cc1[C@H](O)c1ccccc1OC. The Morgan fingerprint density at radius 3 is 2.29 bits per heavy atom. The number of carbonyl (C=O) groups is 2. The van der Waals surface area contributed by atoms with E-state index in [2.05, 4.69) is 0 Å². The average molecular weight is 490 g/mol. The van der Waals surface area contributed by atoms with E-state index >= 15 is 0 Å². The summed E-state index contributed by atoms with van der Waals surface area (Å²) in [6.45, 7) is 6.37. The second-order valence-corrected chi connectivity index (χ2v) is 10.1. The molecule has 184 valence electrons. The number of hydrogen-bond acceptors (Lipinski definition) is 6. The molecule has 3 rings (SSSR count). The van der Waals surface area contributed by atoms with Crippen molar-refractivity contribution in [2.45, 2.75) is 33.3 Å². The summed E-state index contributed by atoms with van der Waals surface area (Å²) in [6.07, 6.45) is -0.725. The highest BCUT2D eigenvalue weighted by Gasteiger charge is 2.51. The molecular weight excluding hydrogens is 458 g/mol. The van der Waals surface area contributed by atoms with Crippen molar-refractivity contribution in [1.29, 1.82) is 0 Å². The van der Waals surface area contributed by atoms with Crippen molar-refractivity contribution in [2.24, 2.45) is 17.3 Å². The Kier molecular flexibility index (Phi) is 7.78. The maximum atomic E-state index is 13.7. The third-order valence-corrected chi connectivity index (χ3v) is 6.02. The highest BCUT2D eigenvalue weighted by Crippen LogP contribution is 2.47. The number of ether oxygens (including phenoxy) is 3. The number of amides is 1. The maximum Gasteiger partial charge on any atom is 0.309 e. The zero-order chi connectivity index (χ0) is 25.2. The van der Waals surface area contributed by atoms with E-state index in [4.69, 9.17) is 25.8 Å². The van der Waals surface area contributed by atoms with Crippen LogP contribution in [0.1, 0.15) is 44.4 Å². The largest absolute Gasteiger partial charge is 0.496 e. The lowest BCUT2D eigenvalue weighted by atomic mass is 9.93. The van der Waals surface area contributed by atoms with E-state index < -0.39 is 23.9 Å². The van der Waals surface area contributed by atoms with Crippen LogP contribution in [0, 0.1) is 17.3 Å². The molecule has 7 nitrogen and oxygen atoms in total. The quantitative estimate of drug-likeness (QED) is 0.544. The smallest absolute Gasteiger partial charge is 0.309 e. The highest BCUT2D eigenvalue weighted by molar-refractivity contribution is 6.31. The predicted octanol–water partition coefficient (Wildman–Crippen LogP) is 4.63. The van der Waals surface area contributed by atoms with E-state index in [-0.39, 0.29) is 11.3 Å². The second-order valence-electron chi connectivity index (χ2n) is 9.65. The maximum absolute atomic E-state index is 13.7. The molecule has 2 aromatic rings. The molecule has 2 aromatic carbocycles. The molecule has 3 atom stereocenters. The van der Waals surface area contributed by atoms with Crippen LogP contribution in [0.3, 0.4) is 0 Å². The van der Waals surface area contributed by atoms with Crippen LogP contribution in [0.5, 0.6) is 11.5 Å². The van der Waals surface area contributed by atoms with Crippen molar-refractivity contribution >= 4 is 29.2 Å². The molecule has 1 N–H and O–H groups in total. The molecule has 0 heterocycles. The molecule has 1 amide bonds. The number of nitrogens with zero attached hydrogens (tertiary/aromatic N) is 1. The van der Waals surface area contributed by atoms with Crippen molar-refractivity contribution < 1.29 is 28.9 Å². The molecule has 0 saturated heterocycles. The number of carbonyl (C=O) groups excluding carboxylic acids is 2. The summed E-state index contributed by atoms with van der Waals surface area (Å²) in [5.74, 6) is -0.732. The molecule has 0 aromatic heterocycles. The fraction of sp³-hybridized carbons (Fsp3) is 0.462. The molecule has 0 bridgehead atoms. The first-order valence-electron chi connectivity index (χ1n) is 11.1. The molecule has 1 fully saturated rings. The minimum atomic E-state index is -1.15. The molecular formula is C26H32ClNO6. The summed E-state index contributed by atoms with van der Waals surface area (Å²) in [5, 5.41) is 11.8. The van der Waals surface area contributed by atoms with Gasteiger partial charge in [0, 0.05) is 28.8 Å². The van der Waals surface area contributed by atoms with Gasteiger partial charge in [-0.2, -0.15) is 0 Å². The number of methoxy groups -OCH3 is 3. The van der Waals surface area contributed by atoms with Gasteiger partial charge < -0.3 is 24.2 Å². The zero-order valence-corrected chi connectivity index (χ0v) is 21.2. The van der Waals surface area contributed by atoms with Gasteiger partial charge >= 0.3 is 5.97 Å². The number of para-hydroxylation sites is 1. The first-order valence-corrected chi connectivity index (χ1v) is 11.5. The Labute approximate surface area is 205 Å². The Balaban J connectivity index is 2.17. The molecule has 1 aliphatic rings. The van der Waals surface area contributed by atoms with E-state index in [0.717, 1.165) is 0 Å². The van der Waals surface area contributed by atoms with E-state index in [1.165, 1.54) is 21.3 Å². The molecule has 0 radical (unpaired) electrons. The summed E-state index contributed by atoms with van der Waals surface area (Å²) in [5.41, 5.74) is 1.06. The lowest BCUT2D eigenvalue weighted by Crippen LogP contribution is -2.40. The fourth-order valence-corrected chi connectivity index (χ4v) is 4.35. The van der Waals surface area contributed by atoms with Crippen molar-refractivity contribution in [3.05, 3.63) is 52.5 Å². The standard InChI is InChI=1S/C26H32ClNO6/c1-26(2,3)14-28(24(30)17-13-18(17)25(31)34-6)22-19(11-15(27)12-21(22)33-5)23(29)16-9-7-8-10-20(16)32-4/h7-12,17-18,23,29H,13-14H2,1-6H3/t17?,18?,23-/m1/s1. The van der Waals surface area contributed by atoms with Gasteiger partial charge in [0.25, 0.3) is 0 Å². The van der Waals surface area contributed by atoms with Crippen LogP contribution in [0.2, 0.25) is 5.02 Å². The van der Waals surface area contributed by atoms with Gasteiger partial charge in [0.1, 0.15) is 17.6 Å². The fourth-order valence-electron chi connectivity index (χ4n) is 4.13. The van der Waals surface area contributed by atoms with Crippen LogP contribution >= 0.6 is 11.6 Å². The summed E-state index contributed by atoms with van der Waals surface area (Å²) in [7, 11) is 4.34. The number of rotatable bonds is 8. The third kappa shape index (κ3) is 5.47. The van der Waals surface area contributed by atoms with Crippen LogP contribution in [0.25, 0.3) is 0 Å². The third-order valence-electron chi connectivity index (χ3n) is 5.80. The minimum Gasteiger partial charge on any atom is -0.496 e. The normalized spacial score (nSPS) is 18.1. The van der Waals surface area contributed by atoms with Gasteiger partial charge in [-0.15, -0.1) is 0 Å². The molecule has 0 spiro atoms. The van der Waals surface area contributed by atoms with Crippen LogP contribution in [-0.2, 0) is 14.3 Å². The number of benzene rings is 2. The van der Waals surface area contributed by atoms with Gasteiger partial charge in [0.05, 0.1) is 38.9 Å². The monoisotopic (exact) mass is 489 g/mol.